The number of aromatic nitrogens is 2. The summed E-state index contributed by atoms with van der Waals surface area (Å²) in [7, 11) is 2.00. The van der Waals surface area contributed by atoms with Crippen LogP contribution in [0.1, 0.15) is 30.5 Å². The smallest absolute Gasteiger partial charge is 0.0625 e. The van der Waals surface area contributed by atoms with Crippen molar-refractivity contribution in [3.8, 4) is 0 Å². The van der Waals surface area contributed by atoms with E-state index >= 15 is 0 Å². The highest BCUT2D eigenvalue weighted by molar-refractivity contribution is 5.15. The van der Waals surface area contributed by atoms with Gasteiger partial charge in [-0.05, 0) is 57.2 Å². The standard InChI is InChI=1S/C12H21N3/c1-10-12(9-15(2)14-10)4-3-11-5-7-13-8-6-11/h9,11,13H,3-8H2,1-2H3. The number of piperidine rings is 1. The van der Waals surface area contributed by atoms with Crippen LogP contribution < -0.4 is 5.32 Å². The molecule has 1 fully saturated rings. The minimum Gasteiger partial charge on any atom is -0.317 e. The van der Waals surface area contributed by atoms with Gasteiger partial charge in [-0.1, -0.05) is 0 Å². The highest BCUT2D eigenvalue weighted by atomic mass is 15.2. The molecule has 0 spiro atoms. The molecule has 1 saturated heterocycles. The van der Waals surface area contributed by atoms with Crippen molar-refractivity contribution in [2.24, 2.45) is 13.0 Å². The first kappa shape index (κ1) is 10.7. The SMILES string of the molecule is Cc1nn(C)cc1CCC1CCNCC1. The minimum absolute atomic E-state index is 0.922. The first-order chi connectivity index (χ1) is 7.25. The molecular weight excluding hydrogens is 186 g/mol. The molecule has 0 amide bonds. The summed E-state index contributed by atoms with van der Waals surface area (Å²) in [5, 5.41) is 7.79. The second-order valence-electron chi connectivity index (χ2n) is 4.65. The summed E-state index contributed by atoms with van der Waals surface area (Å²) in [5.74, 6) is 0.922. The number of nitrogens with zero attached hydrogens (tertiary/aromatic N) is 2. The van der Waals surface area contributed by atoms with Gasteiger partial charge in [0, 0.05) is 13.2 Å². The molecule has 1 aliphatic rings. The molecule has 0 saturated carbocycles. The van der Waals surface area contributed by atoms with Gasteiger partial charge in [-0.15, -0.1) is 0 Å². The number of nitrogens with one attached hydrogen (secondary N) is 1. The van der Waals surface area contributed by atoms with E-state index in [1.807, 2.05) is 11.7 Å². The molecule has 15 heavy (non-hydrogen) atoms. The quantitative estimate of drug-likeness (QED) is 0.817. The van der Waals surface area contributed by atoms with Crippen molar-refractivity contribution in [2.45, 2.75) is 32.6 Å². The van der Waals surface area contributed by atoms with Crippen molar-refractivity contribution in [3.05, 3.63) is 17.5 Å². The Balaban J connectivity index is 1.84. The zero-order valence-corrected chi connectivity index (χ0v) is 9.79. The molecule has 3 nitrogen and oxygen atoms in total. The highest BCUT2D eigenvalue weighted by Crippen LogP contribution is 2.19. The van der Waals surface area contributed by atoms with E-state index in [4.69, 9.17) is 0 Å². The van der Waals surface area contributed by atoms with E-state index in [0.29, 0.717) is 0 Å². The third-order valence-corrected chi connectivity index (χ3v) is 3.40. The predicted octanol–water partition coefficient (Wildman–Crippen LogP) is 1.66. The van der Waals surface area contributed by atoms with Crippen LogP contribution in [0.2, 0.25) is 0 Å². The lowest BCUT2D eigenvalue weighted by Crippen LogP contribution is -2.27. The van der Waals surface area contributed by atoms with Crippen LogP contribution in [0.15, 0.2) is 6.20 Å². The number of hydrogen-bond acceptors (Lipinski definition) is 2. The maximum atomic E-state index is 4.38. The van der Waals surface area contributed by atoms with E-state index in [-0.39, 0.29) is 0 Å². The lowest BCUT2D eigenvalue weighted by molar-refractivity contribution is 0.354. The molecule has 0 aromatic carbocycles. The Kier molecular flexibility index (Phi) is 3.41. The largest absolute Gasteiger partial charge is 0.317 e. The molecule has 0 unspecified atom stereocenters. The average Bonchev–Trinajstić information content (AvgIpc) is 2.56. The molecule has 0 aliphatic carbocycles. The van der Waals surface area contributed by atoms with Crippen LogP contribution in [0.3, 0.4) is 0 Å². The van der Waals surface area contributed by atoms with Gasteiger partial charge in [-0.25, -0.2) is 0 Å². The Labute approximate surface area is 91.9 Å². The molecule has 3 heteroatoms. The summed E-state index contributed by atoms with van der Waals surface area (Å²) < 4.78 is 1.92. The Morgan fingerprint density at radius 2 is 2.20 bits per heavy atom. The topological polar surface area (TPSA) is 29.9 Å². The second-order valence-corrected chi connectivity index (χ2v) is 4.65. The maximum Gasteiger partial charge on any atom is 0.0625 e. The highest BCUT2D eigenvalue weighted by Gasteiger charge is 2.13. The van der Waals surface area contributed by atoms with Gasteiger partial charge in [0.25, 0.3) is 0 Å². The zero-order chi connectivity index (χ0) is 10.7. The molecule has 0 atom stereocenters. The third-order valence-electron chi connectivity index (χ3n) is 3.40. The Morgan fingerprint density at radius 1 is 1.47 bits per heavy atom. The van der Waals surface area contributed by atoms with Gasteiger partial charge in [0.05, 0.1) is 5.69 Å². The van der Waals surface area contributed by atoms with Gasteiger partial charge < -0.3 is 5.32 Å². The van der Waals surface area contributed by atoms with Crippen LogP contribution in [0.25, 0.3) is 0 Å². The second kappa shape index (κ2) is 4.79. The van der Waals surface area contributed by atoms with Crippen LogP contribution in [-0.4, -0.2) is 22.9 Å². The summed E-state index contributed by atoms with van der Waals surface area (Å²) >= 11 is 0. The first-order valence-electron chi connectivity index (χ1n) is 5.95. The molecule has 2 heterocycles. The van der Waals surface area contributed by atoms with Crippen molar-refractivity contribution < 1.29 is 0 Å². The van der Waals surface area contributed by atoms with Crippen LogP contribution in [0, 0.1) is 12.8 Å². The summed E-state index contributed by atoms with van der Waals surface area (Å²) in [6.45, 7) is 4.52. The van der Waals surface area contributed by atoms with E-state index in [1.54, 1.807) is 0 Å². The van der Waals surface area contributed by atoms with Crippen LogP contribution >= 0.6 is 0 Å². The van der Waals surface area contributed by atoms with E-state index < -0.39 is 0 Å². The Morgan fingerprint density at radius 3 is 2.80 bits per heavy atom. The Bertz CT molecular complexity index is 311. The Hall–Kier alpha value is -0.830. The number of hydrogen-bond donors (Lipinski definition) is 1. The molecule has 0 bridgehead atoms. The van der Waals surface area contributed by atoms with Crippen molar-refractivity contribution in [1.82, 2.24) is 15.1 Å². The fourth-order valence-electron chi connectivity index (χ4n) is 2.42. The summed E-state index contributed by atoms with van der Waals surface area (Å²) in [4.78, 5) is 0. The first-order valence-corrected chi connectivity index (χ1v) is 5.95. The van der Waals surface area contributed by atoms with E-state index in [1.165, 1.54) is 50.0 Å². The van der Waals surface area contributed by atoms with Crippen LogP contribution in [0.5, 0.6) is 0 Å². The molecule has 1 aromatic heterocycles. The lowest BCUT2D eigenvalue weighted by Gasteiger charge is -2.22. The van der Waals surface area contributed by atoms with Crippen LogP contribution in [0.4, 0.5) is 0 Å². The van der Waals surface area contributed by atoms with Crippen LogP contribution in [-0.2, 0) is 13.5 Å². The van der Waals surface area contributed by atoms with Gasteiger partial charge in [-0.2, -0.15) is 5.10 Å². The van der Waals surface area contributed by atoms with Crippen molar-refractivity contribution in [2.75, 3.05) is 13.1 Å². The third kappa shape index (κ3) is 2.81. The van der Waals surface area contributed by atoms with Crippen molar-refractivity contribution >= 4 is 0 Å². The van der Waals surface area contributed by atoms with Gasteiger partial charge in [0.15, 0.2) is 0 Å². The van der Waals surface area contributed by atoms with Gasteiger partial charge >= 0.3 is 0 Å². The summed E-state index contributed by atoms with van der Waals surface area (Å²) in [6.07, 6.45) is 7.38. The van der Waals surface area contributed by atoms with Gasteiger partial charge in [0.2, 0.25) is 0 Å². The van der Waals surface area contributed by atoms with Crippen molar-refractivity contribution in [1.29, 1.82) is 0 Å². The average molecular weight is 207 g/mol. The normalized spacial score (nSPS) is 18.3. The fourth-order valence-corrected chi connectivity index (χ4v) is 2.42. The van der Waals surface area contributed by atoms with E-state index in [2.05, 4.69) is 23.5 Å². The number of rotatable bonds is 3. The number of aryl methyl sites for hydroxylation is 3. The molecule has 84 valence electrons. The molecule has 1 aliphatic heterocycles. The zero-order valence-electron chi connectivity index (χ0n) is 9.79. The van der Waals surface area contributed by atoms with Gasteiger partial charge in [0.1, 0.15) is 0 Å². The molecular formula is C12H21N3. The van der Waals surface area contributed by atoms with Gasteiger partial charge in [-0.3, -0.25) is 4.68 Å². The molecule has 2 rings (SSSR count). The van der Waals surface area contributed by atoms with Crippen molar-refractivity contribution in [3.63, 3.8) is 0 Å². The summed E-state index contributed by atoms with van der Waals surface area (Å²) in [6, 6.07) is 0. The monoisotopic (exact) mass is 207 g/mol. The molecule has 1 aromatic rings. The molecule has 1 N–H and O–H groups in total. The predicted molar refractivity (Wildman–Crippen MR) is 61.9 cm³/mol. The fraction of sp³-hybridized carbons (Fsp3) is 0.750. The van der Waals surface area contributed by atoms with E-state index in [0.717, 1.165) is 5.92 Å². The minimum atomic E-state index is 0.922. The van der Waals surface area contributed by atoms with E-state index in [9.17, 15) is 0 Å². The lowest BCUT2D eigenvalue weighted by atomic mass is 9.91. The maximum absolute atomic E-state index is 4.38. The summed E-state index contributed by atoms with van der Waals surface area (Å²) in [5.41, 5.74) is 2.63. The molecule has 0 radical (unpaired) electrons.